The lowest BCUT2D eigenvalue weighted by molar-refractivity contribution is -0.149. The number of benzene rings is 1. The van der Waals surface area contributed by atoms with Gasteiger partial charge in [0.05, 0.1) is 5.41 Å². The number of fused-ring (bicyclic) bond motifs is 1. The fourth-order valence-corrected chi connectivity index (χ4v) is 4.31. The van der Waals surface area contributed by atoms with Crippen molar-refractivity contribution >= 4 is 11.8 Å². The highest BCUT2D eigenvalue weighted by molar-refractivity contribution is 5.76. The number of anilines is 1. The van der Waals surface area contributed by atoms with Crippen molar-refractivity contribution in [3.63, 3.8) is 0 Å². The van der Waals surface area contributed by atoms with Crippen molar-refractivity contribution in [3.05, 3.63) is 53.5 Å². The molecule has 1 aliphatic carbocycles. The lowest BCUT2D eigenvalue weighted by Gasteiger charge is -2.41. The molecule has 1 fully saturated rings. The van der Waals surface area contributed by atoms with Crippen LogP contribution in [0.2, 0.25) is 0 Å². The highest BCUT2D eigenvalue weighted by atomic mass is 16.4. The molecular formula is C20H23N3O2. The van der Waals surface area contributed by atoms with E-state index in [0.29, 0.717) is 19.4 Å². The summed E-state index contributed by atoms with van der Waals surface area (Å²) in [6, 6.07) is 9.96. The Morgan fingerprint density at radius 2 is 2.00 bits per heavy atom. The molecule has 4 rings (SSSR count). The predicted molar refractivity (Wildman–Crippen MR) is 95.7 cm³/mol. The summed E-state index contributed by atoms with van der Waals surface area (Å²) in [6.45, 7) is 1.38. The summed E-state index contributed by atoms with van der Waals surface area (Å²) < 4.78 is 0. The molecule has 0 bridgehead atoms. The first kappa shape index (κ1) is 16.1. The maximum absolute atomic E-state index is 12.2. The van der Waals surface area contributed by atoms with Gasteiger partial charge in [-0.25, -0.2) is 9.97 Å². The molecule has 2 heterocycles. The SMILES string of the molecule is O=C(O)C1(Cc2ccccc2)CCCN(c2ncnc3c2CCC3)C1. The van der Waals surface area contributed by atoms with Crippen LogP contribution in [0.25, 0.3) is 0 Å². The Balaban J connectivity index is 1.64. The van der Waals surface area contributed by atoms with E-state index in [2.05, 4.69) is 14.9 Å². The molecule has 0 spiro atoms. The highest BCUT2D eigenvalue weighted by Gasteiger charge is 2.43. The standard InChI is InChI=1S/C20H23N3O2/c24-19(25)20(12-15-6-2-1-3-7-15)10-5-11-23(13-20)18-16-8-4-9-17(16)21-14-22-18/h1-3,6-7,14H,4-5,8-13H2,(H,24,25). The molecule has 2 aliphatic rings. The van der Waals surface area contributed by atoms with Gasteiger partial charge in [-0.05, 0) is 44.1 Å². The molecule has 0 saturated carbocycles. The summed E-state index contributed by atoms with van der Waals surface area (Å²) in [6.07, 6.45) is 6.90. The maximum Gasteiger partial charge on any atom is 0.311 e. The molecule has 0 radical (unpaired) electrons. The Hall–Kier alpha value is -2.43. The smallest absolute Gasteiger partial charge is 0.311 e. The number of aliphatic carboxylic acids is 1. The zero-order valence-electron chi connectivity index (χ0n) is 14.3. The molecule has 1 aromatic carbocycles. The summed E-state index contributed by atoms with van der Waals surface area (Å²) >= 11 is 0. The van der Waals surface area contributed by atoms with Crippen molar-refractivity contribution in [3.8, 4) is 0 Å². The van der Waals surface area contributed by atoms with Crippen LogP contribution in [0.1, 0.15) is 36.1 Å². The molecule has 1 saturated heterocycles. The number of hydrogen-bond donors (Lipinski definition) is 1. The molecule has 5 heteroatoms. The monoisotopic (exact) mass is 337 g/mol. The van der Waals surface area contributed by atoms with E-state index in [1.165, 1.54) is 5.56 Å². The molecule has 2 aromatic rings. The number of carboxylic acid groups (broad SMARTS) is 1. The zero-order valence-corrected chi connectivity index (χ0v) is 14.3. The van der Waals surface area contributed by atoms with E-state index in [9.17, 15) is 9.90 Å². The first-order valence-corrected chi connectivity index (χ1v) is 9.03. The summed E-state index contributed by atoms with van der Waals surface area (Å²) in [5, 5.41) is 10.0. The van der Waals surface area contributed by atoms with Crippen molar-refractivity contribution in [2.45, 2.75) is 38.5 Å². The highest BCUT2D eigenvalue weighted by Crippen LogP contribution is 2.38. The van der Waals surface area contributed by atoms with E-state index in [-0.39, 0.29) is 0 Å². The van der Waals surface area contributed by atoms with Gasteiger partial charge in [-0.15, -0.1) is 0 Å². The number of carbonyl (C=O) groups is 1. The number of carboxylic acids is 1. The third kappa shape index (κ3) is 2.99. The molecular weight excluding hydrogens is 314 g/mol. The van der Waals surface area contributed by atoms with Gasteiger partial charge in [-0.2, -0.15) is 0 Å². The number of aryl methyl sites for hydroxylation is 1. The Bertz CT molecular complexity index is 778. The summed E-state index contributed by atoms with van der Waals surface area (Å²) in [5.74, 6) is 0.257. The van der Waals surface area contributed by atoms with Crippen LogP contribution >= 0.6 is 0 Å². The lowest BCUT2D eigenvalue weighted by Crippen LogP contribution is -2.49. The Labute approximate surface area is 147 Å². The van der Waals surface area contributed by atoms with Crippen LogP contribution in [0.3, 0.4) is 0 Å². The van der Waals surface area contributed by atoms with Gasteiger partial charge in [0.15, 0.2) is 0 Å². The molecule has 1 atom stereocenters. The minimum atomic E-state index is -0.754. The van der Waals surface area contributed by atoms with Crippen LogP contribution in [0.4, 0.5) is 5.82 Å². The molecule has 5 nitrogen and oxygen atoms in total. The second kappa shape index (κ2) is 6.47. The quantitative estimate of drug-likeness (QED) is 0.929. The molecule has 1 aromatic heterocycles. The average molecular weight is 337 g/mol. The Kier molecular flexibility index (Phi) is 4.15. The van der Waals surface area contributed by atoms with E-state index >= 15 is 0 Å². The van der Waals surface area contributed by atoms with Gasteiger partial charge in [0.2, 0.25) is 0 Å². The molecule has 1 aliphatic heterocycles. The Morgan fingerprint density at radius 3 is 2.80 bits per heavy atom. The van der Waals surface area contributed by atoms with E-state index in [1.54, 1.807) is 6.33 Å². The van der Waals surface area contributed by atoms with Crippen LogP contribution < -0.4 is 4.90 Å². The van der Waals surface area contributed by atoms with Crippen LogP contribution in [0, 0.1) is 5.41 Å². The normalized spacial score (nSPS) is 22.6. The number of rotatable bonds is 4. The summed E-state index contributed by atoms with van der Waals surface area (Å²) in [5.41, 5.74) is 2.69. The summed E-state index contributed by atoms with van der Waals surface area (Å²) in [4.78, 5) is 23.3. The number of aromatic nitrogens is 2. The predicted octanol–water partition coefficient (Wildman–Crippen LogP) is 2.88. The second-order valence-corrected chi connectivity index (χ2v) is 7.25. The van der Waals surface area contributed by atoms with Gasteiger partial charge in [-0.3, -0.25) is 4.79 Å². The number of nitrogens with zero attached hydrogens (tertiary/aromatic N) is 3. The van der Waals surface area contributed by atoms with E-state index < -0.39 is 11.4 Å². The van der Waals surface area contributed by atoms with Crippen LogP contribution in [-0.4, -0.2) is 34.1 Å². The minimum Gasteiger partial charge on any atom is -0.481 e. The molecule has 1 N–H and O–H groups in total. The summed E-state index contributed by atoms with van der Waals surface area (Å²) in [7, 11) is 0. The average Bonchev–Trinajstić information content (AvgIpc) is 3.11. The number of piperidine rings is 1. The second-order valence-electron chi connectivity index (χ2n) is 7.25. The van der Waals surface area contributed by atoms with Gasteiger partial charge in [0.25, 0.3) is 0 Å². The van der Waals surface area contributed by atoms with Crippen molar-refractivity contribution in [1.82, 2.24) is 9.97 Å². The van der Waals surface area contributed by atoms with E-state index in [4.69, 9.17) is 0 Å². The number of hydrogen-bond acceptors (Lipinski definition) is 4. The fourth-order valence-electron chi connectivity index (χ4n) is 4.31. The van der Waals surface area contributed by atoms with Gasteiger partial charge in [0, 0.05) is 24.3 Å². The zero-order chi connectivity index (χ0) is 17.3. The van der Waals surface area contributed by atoms with Crippen molar-refractivity contribution in [2.75, 3.05) is 18.0 Å². The molecule has 130 valence electrons. The first-order valence-electron chi connectivity index (χ1n) is 9.03. The van der Waals surface area contributed by atoms with E-state index in [0.717, 1.165) is 49.3 Å². The van der Waals surface area contributed by atoms with Crippen LogP contribution in [0.15, 0.2) is 36.7 Å². The van der Waals surface area contributed by atoms with Crippen LogP contribution in [-0.2, 0) is 24.1 Å². The van der Waals surface area contributed by atoms with Crippen LogP contribution in [0.5, 0.6) is 0 Å². The van der Waals surface area contributed by atoms with E-state index in [1.807, 2.05) is 30.3 Å². The van der Waals surface area contributed by atoms with Gasteiger partial charge in [0.1, 0.15) is 12.1 Å². The molecule has 0 amide bonds. The van der Waals surface area contributed by atoms with Gasteiger partial charge in [-0.1, -0.05) is 30.3 Å². The van der Waals surface area contributed by atoms with Crippen molar-refractivity contribution < 1.29 is 9.90 Å². The van der Waals surface area contributed by atoms with Crippen molar-refractivity contribution in [1.29, 1.82) is 0 Å². The van der Waals surface area contributed by atoms with Crippen molar-refractivity contribution in [2.24, 2.45) is 5.41 Å². The first-order chi connectivity index (χ1) is 12.2. The third-order valence-electron chi connectivity index (χ3n) is 5.57. The van der Waals surface area contributed by atoms with Gasteiger partial charge < -0.3 is 10.0 Å². The molecule has 1 unspecified atom stereocenters. The lowest BCUT2D eigenvalue weighted by atomic mass is 9.75. The topological polar surface area (TPSA) is 66.3 Å². The fraction of sp³-hybridized carbons (Fsp3) is 0.450. The molecule has 25 heavy (non-hydrogen) atoms. The minimum absolute atomic E-state index is 0.515. The third-order valence-corrected chi connectivity index (χ3v) is 5.57. The Morgan fingerprint density at radius 1 is 1.16 bits per heavy atom. The van der Waals surface area contributed by atoms with Gasteiger partial charge >= 0.3 is 5.97 Å². The largest absolute Gasteiger partial charge is 0.481 e. The maximum atomic E-state index is 12.2.